The van der Waals surface area contributed by atoms with Gasteiger partial charge in [0.05, 0.1) is 12.3 Å². The van der Waals surface area contributed by atoms with Gasteiger partial charge in [-0.3, -0.25) is 9.59 Å². The summed E-state index contributed by atoms with van der Waals surface area (Å²) in [5.41, 5.74) is 2.44. The fourth-order valence-corrected chi connectivity index (χ4v) is 3.90. The van der Waals surface area contributed by atoms with Gasteiger partial charge in [0.15, 0.2) is 5.76 Å². The summed E-state index contributed by atoms with van der Waals surface area (Å²) in [6.07, 6.45) is 2.86. The van der Waals surface area contributed by atoms with Gasteiger partial charge in [0.2, 0.25) is 5.91 Å². The molecule has 1 N–H and O–H groups in total. The van der Waals surface area contributed by atoms with Crippen LogP contribution in [0.5, 0.6) is 0 Å². The van der Waals surface area contributed by atoms with Crippen molar-refractivity contribution in [2.75, 3.05) is 13.1 Å². The molecular formula is C24H32N2O3. The quantitative estimate of drug-likeness (QED) is 0.765. The topological polar surface area (TPSA) is 62.6 Å². The Morgan fingerprint density at radius 2 is 1.62 bits per heavy atom. The van der Waals surface area contributed by atoms with Crippen LogP contribution in [0.2, 0.25) is 0 Å². The number of furan rings is 1. The number of carbonyl (C=O) groups is 2. The number of likely N-dealkylation sites (tertiary alicyclic amines) is 1. The molecule has 1 atom stereocenters. The molecule has 0 radical (unpaired) electrons. The Labute approximate surface area is 173 Å². The summed E-state index contributed by atoms with van der Waals surface area (Å²) < 4.78 is 5.20. The number of amides is 2. The van der Waals surface area contributed by atoms with E-state index < -0.39 is 0 Å². The smallest absolute Gasteiger partial charge is 0.289 e. The standard InChI is InChI=1S/C24H32N2O3/c1-16(2)18-7-9-19(10-8-18)22(17(3)4)25-23(27)20-11-13-26(14-12-20)24(28)21-6-5-15-29-21/h5-10,15-17,20,22H,11-14H2,1-4H3,(H,25,27). The van der Waals surface area contributed by atoms with Gasteiger partial charge in [-0.25, -0.2) is 0 Å². The molecule has 0 spiro atoms. The van der Waals surface area contributed by atoms with Crippen LogP contribution < -0.4 is 5.32 Å². The largest absolute Gasteiger partial charge is 0.459 e. The van der Waals surface area contributed by atoms with Crippen molar-refractivity contribution in [1.29, 1.82) is 0 Å². The van der Waals surface area contributed by atoms with Crippen LogP contribution in [0.4, 0.5) is 0 Å². The van der Waals surface area contributed by atoms with Crippen molar-refractivity contribution in [3.63, 3.8) is 0 Å². The van der Waals surface area contributed by atoms with Crippen LogP contribution in [0.3, 0.4) is 0 Å². The molecule has 0 aliphatic carbocycles. The van der Waals surface area contributed by atoms with Crippen molar-refractivity contribution in [2.45, 2.75) is 52.5 Å². The van der Waals surface area contributed by atoms with Crippen molar-refractivity contribution in [3.8, 4) is 0 Å². The Morgan fingerprint density at radius 3 is 2.14 bits per heavy atom. The molecule has 1 aliphatic rings. The lowest BCUT2D eigenvalue weighted by Gasteiger charge is -2.32. The molecule has 5 nitrogen and oxygen atoms in total. The Balaban J connectivity index is 1.59. The highest BCUT2D eigenvalue weighted by Gasteiger charge is 2.30. The number of hydrogen-bond donors (Lipinski definition) is 1. The lowest BCUT2D eigenvalue weighted by Crippen LogP contribution is -2.44. The van der Waals surface area contributed by atoms with Gasteiger partial charge in [0.25, 0.3) is 5.91 Å². The van der Waals surface area contributed by atoms with Gasteiger partial charge < -0.3 is 14.6 Å². The van der Waals surface area contributed by atoms with E-state index in [9.17, 15) is 9.59 Å². The molecule has 1 aromatic heterocycles. The molecule has 156 valence electrons. The number of nitrogens with one attached hydrogen (secondary N) is 1. The van der Waals surface area contributed by atoms with Gasteiger partial charge in [-0.15, -0.1) is 0 Å². The molecule has 1 saturated heterocycles. The summed E-state index contributed by atoms with van der Waals surface area (Å²) >= 11 is 0. The number of nitrogens with zero attached hydrogens (tertiary/aromatic N) is 1. The van der Waals surface area contributed by atoms with Crippen molar-refractivity contribution < 1.29 is 14.0 Å². The van der Waals surface area contributed by atoms with E-state index in [0.717, 1.165) is 5.56 Å². The normalized spacial score (nSPS) is 16.3. The zero-order valence-electron chi connectivity index (χ0n) is 17.9. The van der Waals surface area contributed by atoms with Gasteiger partial charge in [0, 0.05) is 19.0 Å². The predicted molar refractivity (Wildman–Crippen MR) is 114 cm³/mol. The Bertz CT molecular complexity index is 801. The van der Waals surface area contributed by atoms with E-state index in [1.165, 1.54) is 11.8 Å². The molecular weight excluding hydrogens is 364 g/mol. The number of carbonyl (C=O) groups excluding carboxylic acids is 2. The van der Waals surface area contributed by atoms with E-state index in [1.807, 2.05) is 0 Å². The molecule has 0 saturated carbocycles. The van der Waals surface area contributed by atoms with Gasteiger partial charge in [-0.1, -0.05) is 52.0 Å². The maximum absolute atomic E-state index is 12.9. The fraction of sp³-hybridized carbons (Fsp3) is 0.500. The highest BCUT2D eigenvalue weighted by Crippen LogP contribution is 2.26. The van der Waals surface area contributed by atoms with Crippen molar-refractivity contribution >= 4 is 11.8 Å². The minimum absolute atomic E-state index is 0.00788. The predicted octanol–water partition coefficient (Wildman–Crippen LogP) is 4.77. The van der Waals surface area contributed by atoms with Gasteiger partial charge >= 0.3 is 0 Å². The maximum atomic E-state index is 12.9. The third-order valence-electron chi connectivity index (χ3n) is 5.81. The first-order chi connectivity index (χ1) is 13.9. The maximum Gasteiger partial charge on any atom is 0.289 e. The van der Waals surface area contributed by atoms with Gasteiger partial charge in [-0.2, -0.15) is 0 Å². The summed E-state index contributed by atoms with van der Waals surface area (Å²) in [6, 6.07) is 12.0. The molecule has 2 heterocycles. The van der Waals surface area contributed by atoms with E-state index in [1.54, 1.807) is 17.0 Å². The first kappa shape index (κ1) is 21.2. The highest BCUT2D eigenvalue weighted by molar-refractivity contribution is 5.91. The molecule has 1 aromatic carbocycles. The molecule has 1 aliphatic heterocycles. The summed E-state index contributed by atoms with van der Waals surface area (Å²) in [5.74, 6) is 1.07. The SMILES string of the molecule is CC(C)c1ccc(C(NC(=O)C2CCN(C(=O)c3ccco3)CC2)C(C)C)cc1. The first-order valence-electron chi connectivity index (χ1n) is 10.6. The molecule has 2 amide bonds. The van der Waals surface area contributed by atoms with Crippen LogP contribution >= 0.6 is 0 Å². The number of piperidine rings is 1. The second kappa shape index (κ2) is 9.29. The van der Waals surface area contributed by atoms with E-state index in [2.05, 4.69) is 57.3 Å². The summed E-state index contributed by atoms with van der Waals surface area (Å²) in [7, 11) is 0. The molecule has 5 heteroatoms. The zero-order valence-corrected chi connectivity index (χ0v) is 17.9. The molecule has 29 heavy (non-hydrogen) atoms. The Hall–Kier alpha value is -2.56. The highest BCUT2D eigenvalue weighted by atomic mass is 16.3. The lowest BCUT2D eigenvalue weighted by molar-refractivity contribution is -0.127. The van der Waals surface area contributed by atoms with Crippen LogP contribution in [-0.4, -0.2) is 29.8 Å². The Kier molecular flexibility index (Phi) is 6.78. The molecule has 1 fully saturated rings. The lowest BCUT2D eigenvalue weighted by atomic mass is 9.91. The molecule has 1 unspecified atom stereocenters. The van der Waals surface area contributed by atoms with Crippen molar-refractivity contribution in [2.24, 2.45) is 11.8 Å². The first-order valence-corrected chi connectivity index (χ1v) is 10.6. The second-order valence-corrected chi connectivity index (χ2v) is 8.60. The average Bonchev–Trinajstić information content (AvgIpc) is 3.26. The summed E-state index contributed by atoms with van der Waals surface area (Å²) in [4.78, 5) is 27.1. The molecule has 3 rings (SSSR count). The second-order valence-electron chi connectivity index (χ2n) is 8.60. The van der Waals surface area contributed by atoms with Crippen LogP contribution in [-0.2, 0) is 4.79 Å². The van der Waals surface area contributed by atoms with E-state index in [4.69, 9.17) is 4.42 Å². The Morgan fingerprint density at radius 1 is 1.00 bits per heavy atom. The number of hydrogen-bond acceptors (Lipinski definition) is 3. The number of rotatable bonds is 6. The van der Waals surface area contributed by atoms with Gasteiger partial charge in [-0.05, 0) is 47.9 Å². The monoisotopic (exact) mass is 396 g/mol. The van der Waals surface area contributed by atoms with Crippen molar-refractivity contribution in [3.05, 3.63) is 59.5 Å². The van der Waals surface area contributed by atoms with Crippen LogP contribution in [0.15, 0.2) is 47.1 Å². The van der Waals surface area contributed by atoms with Crippen LogP contribution in [0.1, 0.15) is 74.2 Å². The minimum atomic E-state index is -0.0980. The van der Waals surface area contributed by atoms with E-state index >= 15 is 0 Å². The third kappa shape index (κ3) is 5.08. The third-order valence-corrected chi connectivity index (χ3v) is 5.81. The summed E-state index contributed by atoms with van der Waals surface area (Å²) in [6.45, 7) is 9.78. The average molecular weight is 397 g/mol. The van der Waals surface area contributed by atoms with Crippen LogP contribution in [0.25, 0.3) is 0 Å². The van der Waals surface area contributed by atoms with Crippen molar-refractivity contribution in [1.82, 2.24) is 10.2 Å². The van der Waals surface area contributed by atoms with Gasteiger partial charge in [0.1, 0.15) is 0 Å². The summed E-state index contributed by atoms with van der Waals surface area (Å²) in [5, 5.41) is 3.26. The minimum Gasteiger partial charge on any atom is -0.459 e. The zero-order chi connectivity index (χ0) is 21.0. The van der Waals surface area contributed by atoms with Crippen LogP contribution in [0, 0.1) is 11.8 Å². The van der Waals surface area contributed by atoms with E-state index in [-0.39, 0.29) is 23.8 Å². The van der Waals surface area contributed by atoms with E-state index in [0.29, 0.717) is 43.5 Å². The molecule has 2 aromatic rings. The molecule has 0 bridgehead atoms. The number of benzene rings is 1. The fourth-order valence-electron chi connectivity index (χ4n) is 3.90.